The van der Waals surface area contributed by atoms with Crippen LogP contribution >= 0.6 is 0 Å². The maximum atomic E-state index is 11.4. The zero-order chi connectivity index (χ0) is 15.8. The molecule has 0 aromatic heterocycles. The molecule has 0 spiro atoms. The standard InChI is InChI=1S/C15H23NO4S/c1-15(2)10-13(16(3)7-8-21(4,18)19)12-6-5-11(17)9-14(12)20-15/h5-6,9,13,17H,7-8,10H2,1-4H3. The van der Waals surface area contributed by atoms with E-state index in [4.69, 9.17) is 4.74 Å². The summed E-state index contributed by atoms with van der Waals surface area (Å²) in [4.78, 5) is 2.04. The summed E-state index contributed by atoms with van der Waals surface area (Å²) >= 11 is 0. The molecule has 0 aliphatic carbocycles. The van der Waals surface area contributed by atoms with Crippen molar-refractivity contribution in [3.63, 3.8) is 0 Å². The Kier molecular flexibility index (Phi) is 4.22. The van der Waals surface area contributed by atoms with Crippen LogP contribution in [0.15, 0.2) is 18.2 Å². The first-order valence-corrected chi connectivity index (χ1v) is 9.03. The Hall–Kier alpha value is -1.27. The molecule has 0 bridgehead atoms. The van der Waals surface area contributed by atoms with Gasteiger partial charge in [0.15, 0.2) is 0 Å². The number of hydrogen-bond acceptors (Lipinski definition) is 5. The third-order valence-corrected chi connectivity index (χ3v) is 4.70. The summed E-state index contributed by atoms with van der Waals surface area (Å²) in [6.07, 6.45) is 2.02. The molecule has 21 heavy (non-hydrogen) atoms. The van der Waals surface area contributed by atoms with Gasteiger partial charge >= 0.3 is 0 Å². The third-order valence-electron chi connectivity index (χ3n) is 3.77. The number of phenolic OH excluding ortho intramolecular Hbond substituents is 1. The highest BCUT2D eigenvalue weighted by molar-refractivity contribution is 7.90. The van der Waals surface area contributed by atoms with Crippen LogP contribution in [-0.2, 0) is 9.84 Å². The fourth-order valence-corrected chi connectivity index (χ4v) is 3.28. The predicted octanol–water partition coefficient (Wildman–Crippen LogP) is 1.97. The van der Waals surface area contributed by atoms with Crippen LogP contribution in [0.1, 0.15) is 31.9 Å². The summed E-state index contributed by atoms with van der Waals surface area (Å²) in [6, 6.07) is 5.18. The van der Waals surface area contributed by atoms with E-state index in [0.29, 0.717) is 12.3 Å². The Balaban J connectivity index is 2.27. The lowest BCUT2D eigenvalue weighted by atomic mass is 9.89. The van der Waals surface area contributed by atoms with Crippen LogP contribution in [-0.4, -0.2) is 49.6 Å². The van der Waals surface area contributed by atoms with E-state index >= 15 is 0 Å². The molecule has 1 atom stereocenters. The number of aromatic hydroxyl groups is 1. The van der Waals surface area contributed by atoms with Gasteiger partial charge < -0.3 is 9.84 Å². The van der Waals surface area contributed by atoms with Gasteiger partial charge in [0.2, 0.25) is 0 Å². The van der Waals surface area contributed by atoms with Crippen LogP contribution in [0.2, 0.25) is 0 Å². The first-order chi connectivity index (χ1) is 9.57. The fraction of sp³-hybridized carbons (Fsp3) is 0.600. The highest BCUT2D eigenvalue weighted by Crippen LogP contribution is 2.43. The second kappa shape index (κ2) is 5.50. The normalized spacial score (nSPS) is 20.9. The van der Waals surface area contributed by atoms with Gasteiger partial charge in [0.05, 0.1) is 5.75 Å². The lowest BCUT2D eigenvalue weighted by Crippen LogP contribution is -2.41. The third kappa shape index (κ3) is 4.11. The molecular weight excluding hydrogens is 290 g/mol. The Morgan fingerprint density at radius 3 is 2.71 bits per heavy atom. The van der Waals surface area contributed by atoms with Gasteiger partial charge in [-0.3, -0.25) is 4.90 Å². The van der Waals surface area contributed by atoms with Crippen molar-refractivity contribution in [2.45, 2.75) is 31.9 Å². The number of ether oxygens (including phenoxy) is 1. The van der Waals surface area contributed by atoms with Crippen molar-refractivity contribution in [1.82, 2.24) is 4.90 Å². The van der Waals surface area contributed by atoms with Crippen molar-refractivity contribution >= 4 is 9.84 Å². The molecule has 1 aromatic rings. The Morgan fingerprint density at radius 1 is 1.43 bits per heavy atom. The number of nitrogens with zero attached hydrogens (tertiary/aromatic N) is 1. The lowest BCUT2D eigenvalue weighted by Gasteiger charge is -2.41. The minimum Gasteiger partial charge on any atom is -0.508 e. The molecule has 118 valence electrons. The smallest absolute Gasteiger partial charge is 0.148 e. The summed E-state index contributed by atoms with van der Waals surface area (Å²) in [5.41, 5.74) is 0.633. The number of fused-ring (bicyclic) bond motifs is 1. The molecule has 0 saturated carbocycles. The molecule has 2 rings (SSSR count). The second-order valence-corrected chi connectivity index (χ2v) is 8.67. The van der Waals surface area contributed by atoms with Crippen molar-refractivity contribution < 1.29 is 18.3 Å². The maximum absolute atomic E-state index is 11.4. The van der Waals surface area contributed by atoms with Crippen molar-refractivity contribution in [2.24, 2.45) is 0 Å². The van der Waals surface area contributed by atoms with E-state index in [2.05, 4.69) is 0 Å². The molecule has 1 unspecified atom stereocenters. The molecule has 1 aromatic carbocycles. The van der Waals surface area contributed by atoms with Crippen LogP contribution < -0.4 is 4.74 Å². The molecule has 1 aliphatic rings. The van der Waals surface area contributed by atoms with Gasteiger partial charge in [-0.2, -0.15) is 0 Å². The van der Waals surface area contributed by atoms with E-state index in [0.717, 1.165) is 12.0 Å². The maximum Gasteiger partial charge on any atom is 0.148 e. The summed E-state index contributed by atoms with van der Waals surface area (Å²) in [6.45, 7) is 4.47. The number of benzene rings is 1. The lowest BCUT2D eigenvalue weighted by molar-refractivity contribution is 0.0386. The summed E-state index contributed by atoms with van der Waals surface area (Å²) < 4.78 is 28.6. The second-order valence-electron chi connectivity index (χ2n) is 6.41. The van der Waals surface area contributed by atoms with Gasteiger partial charge in [0.1, 0.15) is 26.9 Å². The minimum atomic E-state index is -2.98. The van der Waals surface area contributed by atoms with Gasteiger partial charge in [0.25, 0.3) is 0 Å². The number of phenols is 1. The Morgan fingerprint density at radius 2 is 2.10 bits per heavy atom. The minimum absolute atomic E-state index is 0.0751. The molecule has 0 amide bonds. The van der Waals surface area contributed by atoms with Crippen molar-refractivity contribution in [3.8, 4) is 11.5 Å². The summed E-state index contributed by atoms with van der Waals surface area (Å²) in [7, 11) is -1.06. The van der Waals surface area contributed by atoms with E-state index in [1.54, 1.807) is 12.1 Å². The fourth-order valence-electron chi connectivity index (χ4n) is 2.66. The first-order valence-electron chi connectivity index (χ1n) is 6.97. The molecule has 5 nitrogen and oxygen atoms in total. The highest BCUT2D eigenvalue weighted by atomic mass is 32.2. The van der Waals surface area contributed by atoms with E-state index in [9.17, 15) is 13.5 Å². The topological polar surface area (TPSA) is 66.8 Å². The molecule has 1 aliphatic heterocycles. The largest absolute Gasteiger partial charge is 0.508 e. The number of sulfone groups is 1. The molecule has 0 radical (unpaired) electrons. The van der Waals surface area contributed by atoms with Crippen LogP contribution in [0, 0.1) is 0 Å². The van der Waals surface area contributed by atoms with Crippen LogP contribution in [0.5, 0.6) is 11.5 Å². The highest BCUT2D eigenvalue weighted by Gasteiger charge is 2.35. The van der Waals surface area contributed by atoms with E-state index < -0.39 is 9.84 Å². The molecule has 1 heterocycles. The van der Waals surface area contributed by atoms with Gasteiger partial charge in [-0.1, -0.05) is 6.07 Å². The predicted molar refractivity (Wildman–Crippen MR) is 82.5 cm³/mol. The van der Waals surface area contributed by atoms with Crippen LogP contribution in [0.25, 0.3) is 0 Å². The zero-order valence-corrected chi connectivity index (χ0v) is 13.8. The first kappa shape index (κ1) is 16.1. The SMILES string of the molecule is CN(CCS(C)(=O)=O)C1CC(C)(C)Oc2cc(O)ccc21. The van der Waals surface area contributed by atoms with Crippen molar-refractivity contribution in [3.05, 3.63) is 23.8 Å². The Labute approximate surface area is 126 Å². The van der Waals surface area contributed by atoms with Crippen LogP contribution in [0.3, 0.4) is 0 Å². The van der Waals surface area contributed by atoms with Gasteiger partial charge in [-0.25, -0.2) is 8.42 Å². The monoisotopic (exact) mass is 313 g/mol. The molecular formula is C15H23NO4S. The summed E-state index contributed by atoms with van der Waals surface area (Å²) in [5.74, 6) is 0.973. The van der Waals surface area contributed by atoms with E-state index in [1.807, 2.05) is 31.9 Å². The quantitative estimate of drug-likeness (QED) is 0.920. The summed E-state index contributed by atoms with van der Waals surface area (Å²) in [5, 5.41) is 9.62. The molecule has 0 saturated heterocycles. The van der Waals surface area contributed by atoms with Crippen LogP contribution in [0.4, 0.5) is 0 Å². The zero-order valence-electron chi connectivity index (χ0n) is 13.0. The van der Waals surface area contributed by atoms with E-state index in [-0.39, 0.29) is 23.1 Å². The van der Waals surface area contributed by atoms with Crippen molar-refractivity contribution in [2.75, 3.05) is 25.6 Å². The average molecular weight is 313 g/mol. The molecule has 1 N–H and O–H groups in total. The number of rotatable bonds is 4. The van der Waals surface area contributed by atoms with Gasteiger partial charge in [-0.15, -0.1) is 0 Å². The molecule has 6 heteroatoms. The number of hydrogen-bond donors (Lipinski definition) is 1. The Bertz CT molecular complexity index is 625. The van der Waals surface area contributed by atoms with E-state index in [1.165, 1.54) is 6.26 Å². The van der Waals surface area contributed by atoms with Gasteiger partial charge in [-0.05, 0) is 27.0 Å². The van der Waals surface area contributed by atoms with Gasteiger partial charge in [0, 0.05) is 36.9 Å². The molecule has 0 fully saturated rings. The average Bonchev–Trinajstić information content (AvgIpc) is 2.32. The van der Waals surface area contributed by atoms with Crippen molar-refractivity contribution in [1.29, 1.82) is 0 Å².